The summed E-state index contributed by atoms with van der Waals surface area (Å²) in [5, 5.41) is -3.74. The summed E-state index contributed by atoms with van der Waals surface area (Å²) in [6.07, 6.45) is 18.5. The minimum absolute atomic E-state index is 0.269. The Balaban J connectivity index is 1.45. The van der Waals surface area contributed by atoms with Crippen molar-refractivity contribution in [3.8, 4) is 0 Å². The number of hydrogen-bond acceptors (Lipinski definition) is 4. The van der Waals surface area contributed by atoms with Gasteiger partial charge in [0.2, 0.25) is 0 Å². The zero-order valence-electron chi connectivity index (χ0n) is 27.9. The van der Waals surface area contributed by atoms with Crippen molar-refractivity contribution in [3.63, 3.8) is 0 Å². The number of alkyl halides is 3. The molecule has 10 heteroatoms. The van der Waals surface area contributed by atoms with Crippen LogP contribution < -0.4 is 0 Å². The molecule has 0 spiro atoms. The lowest BCUT2D eigenvalue weighted by Crippen LogP contribution is -2.42. The van der Waals surface area contributed by atoms with Gasteiger partial charge >= 0.3 is 21.3 Å². The largest absolute Gasteiger partial charge is 0.514 e. The number of halogens is 3. The van der Waals surface area contributed by atoms with E-state index >= 15 is 8.78 Å². The van der Waals surface area contributed by atoms with Crippen LogP contribution in [0.2, 0.25) is 0 Å². The van der Waals surface area contributed by atoms with Crippen LogP contribution in [0.15, 0.2) is 106 Å². The third kappa shape index (κ3) is 12.3. The Kier molecular flexibility index (Phi) is 18.2. The van der Waals surface area contributed by atoms with E-state index in [1.165, 1.54) is 70.6 Å². The van der Waals surface area contributed by atoms with Crippen molar-refractivity contribution < 1.29 is 30.4 Å². The molecule has 0 aliphatic rings. The molecule has 3 rings (SSSR count). The molecule has 48 heavy (non-hydrogen) atoms. The molecule has 0 saturated heterocycles. The van der Waals surface area contributed by atoms with Crippen molar-refractivity contribution in [1.82, 2.24) is 0 Å². The highest BCUT2D eigenvalue weighted by Gasteiger charge is 2.63. The molecule has 0 saturated carbocycles. The topological polar surface area (TPSA) is 73.2 Å². The minimum Gasteiger partial charge on any atom is -0.460 e. The van der Waals surface area contributed by atoms with E-state index in [9.17, 15) is 13.2 Å². The molecule has 0 aromatic heterocycles. The maximum Gasteiger partial charge on any atom is 0.514 e. The van der Waals surface area contributed by atoms with Crippen LogP contribution in [0.1, 0.15) is 103 Å². The Bertz CT molecular complexity index is 1310. The minimum atomic E-state index is -5.68. The fourth-order valence-electron chi connectivity index (χ4n) is 5.61. The molecule has 0 bridgehead atoms. The zero-order chi connectivity index (χ0) is 34.6. The first-order chi connectivity index (χ1) is 23.3. The van der Waals surface area contributed by atoms with Gasteiger partial charge in [0.25, 0.3) is 0 Å². The third-order valence-electron chi connectivity index (χ3n) is 8.29. The van der Waals surface area contributed by atoms with Crippen LogP contribution >= 0.6 is 26.2 Å². The van der Waals surface area contributed by atoms with Crippen LogP contribution in [0.4, 0.5) is 8.78 Å². The number of unbranched alkanes of at least 4 members (excludes halogenated alkanes) is 15. The Morgan fingerprint density at radius 2 is 0.875 bits per heavy atom. The molecule has 1 N–H and O–H groups in total. The van der Waals surface area contributed by atoms with E-state index in [4.69, 9.17) is 4.74 Å². The summed E-state index contributed by atoms with van der Waals surface area (Å²) in [5.74, 6) is -2.09. The van der Waals surface area contributed by atoms with Crippen molar-refractivity contribution in [2.75, 3.05) is 11.9 Å². The van der Waals surface area contributed by atoms with Crippen molar-refractivity contribution in [3.05, 3.63) is 91.0 Å². The highest BCUT2D eigenvalue weighted by molar-refractivity contribution is 9.09. The van der Waals surface area contributed by atoms with Crippen LogP contribution in [0.5, 0.6) is 0 Å². The summed E-state index contributed by atoms with van der Waals surface area (Å²) < 4.78 is 66.6. The van der Waals surface area contributed by atoms with E-state index in [0.717, 1.165) is 31.0 Å². The first-order valence-electron chi connectivity index (χ1n) is 17.3. The predicted octanol–water partition coefficient (Wildman–Crippen LogP) is 12.1. The van der Waals surface area contributed by atoms with Gasteiger partial charge in [0.05, 0.1) is 31.6 Å². The fourth-order valence-corrected chi connectivity index (χ4v) is 11.3. The van der Waals surface area contributed by atoms with Crippen LogP contribution in [-0.4, -0.2) is 35.2 Å². The molecular formula is C38H52BrF2O5S2+. The predicted molar refractivity (Wildman–Crippen MR) is 197 cm³/mol. The molecule has 0 atom stereocenters. The highest BCUT2D eigenvalue weighted by atomic mass is 79.9. The molecular weight excluding hydrogens is 718 g/mol. The van der Waals surface area contributed by atoms with Gasteiger partial charge in [-0.15, -0.1) is 8.42 Å². The number of hydrogen-bond donors (Lipinski definition) is 0. The number of carbonyl (C=O) groups is 1. The number of benzene rings is 3. The van der Waals surface area contributed by atoms with Crippen LogP contribution in [0.25, 0.3) is 0 Å². The second-order valence-corrected chi connectivity index (χ2v) is 17.5. The quantitative estimate of drug-likeness (QED) is 0.0283. The average Bonchev–Trinajstić information content (AvgIpc) is 3.11. The second kappa shape index (κ2) is 21.7. The number of ether oxygens (including phenoxy) is 1. The van der Waals surface area contributed by atoms with Gasteiger partial charge in [-0.05, 0) is 49.2 Å². The SMILES string of the molecule is O=C(OCCCCCCCCCCCCCCCCCCBr)C(F)(F)S(=O)(=O)[OH+]S(c1ccccc1)(c1ccccc1)c1ccccc1. The Morgan fingerprint density at radius 1 is 0.562 bits per heavy atom. The van der Waals surface area contributed by atoms with Crippen LogP contribution in [0.3, 0.4) is 0 Å². The summed E-state index contributed by atoms with van der Waals surface area (Å²) in [7, 11) is -8.79. The summed E-state index contributed by atoms with van der Waals surface area (Å²) >= 11 is 3.48. The summed E-state index contributed by atoms with van der Waals surface area (Å²) in [4.78, 5) is 13.9. The molecule has 3 aromatic rings. The van der Waals surface area contributed by atoms with E-state index < -0.39 is 31.7 Å². The molecule has 0 fully saturated rings. The van der Waals surface area contributed by atoms with Gasteiger partial charge < -0.3 is 4.74 Å². The van der Waals surface area contributed by atoms with Gasteiger partial charge in [0.1, 0.15) is 0 Å². The maximum atomic E-state index is 15.4. The molecule has 0 unspecified atom stereocenters. The highest BCUT2D eigenvalue weighted by Crippen LogP contribution is 2.68. The molecule has 0 radical (unpaired) electrons. The van der Waals surface area contributed by atoms with Crippen molar-refractivity contribution in [2.45, 2.75) is 123 Å². The van der Waals surface area contributed by atoms with Crippen molar-refractivity contribution in [1.29, 1.82) is 0 Å². The number of rotatable bonds is 25. The standard InChI is InChI=1S/C38H51BrF2O5S2/c39-32-24-13-11-9-7-5-3-1-2-4-6-8-10-12-14-25-33-45-37(42)38(40,41)48(43,44)46-47(34-26-18-15-19-27-34,35-28-20-16-21-29-35)36-30-22-17-23-31-36/h15-23,26-31H,1-14,24-25,32-33H2/p+1. The van der Waals surface area contributed by atoms with Gasteiger partial charge in [-0.1, -0.05) is 160 Å². The molecule has 5 nitrogen and oxygen atoms in total. The van der Waals surface area contributed by atoms with E-state index in [2.05, 4.69) is 19.6 Å². The lowest BCUT2D eigenvalue weighted by Gasteiger charge is -2.35. The summed E-state index contributed by atoms with van der Waals surface area (Å²) in [5.41, 5.74) is 0. The van der Waals surface area contributed by atoms with E-state index in [1.807, 2.05) is 0 Å². The van der Waals surface area contributed by atoms with E-state index in [1.54, 1.807) is 91.0 Å². The van der Waals surface area contributed by atoms with Crippen LogP contribution in [-0.2, 0) is 19.6 Å². The fraction of sp³-hybridized carbons (Fsp3) is 0.500. The van der Waals surface area contributed by atoms with Crippen molar-refractivity contribution in [2.24, 2.45) is 0 Å². The summed E-state index contributed by atoms with van der Waals surface area (Å²) in [6.45, 7) is -0.269. The Labute approximate surface area is 297 Å². The van der Waals surface area contributed by atoms with E-state index in [0.29, 0.717) is 21.1 Å². The molecule has 0 aliphatic heterocycles. The Morgan fingerprint density at radius 3 is 1.21 bits per heavy atom. The average molecular weight is 771 g/mol. The van der Waals surface area contributed by atoms with Gasteiger partial charge in [-0.25, -0.2) is 4.79 Å². The lowest BCUT2D eigenvalue weighted by atomic mass is 10.0. The first kappa shape index (κ1) is 40.2. The van der Waals surface area contributed by atoms with Gasteiger partial charge in [0.15, 0.2) is 0 Å². The zero-order valence-corrected chi connectivity index (χ0v) is 31.1. The second-order valence-electron chi connectivity index (χ2n) is 12.1. The number of carbonyl (C=O) groups excluding carboxylic acids is 1. The summed E-state index contributed by atoms with van der Waals surface area (Å²) in [6, 6.07) is 25.5. The van der Waals surface area contributed by atoms with Crippen LogP contribution in [0, 0.1) is 0 Å². The van der Waals surface area contributed by atoms with Gasteiger partial charge in [-0.2, -0.15) is 8.78 Å². The molecule has 0 heterocycles. The lowest BCUT2D eigenvalue weighted by molar-refractivity contribution is -0.161. The maximum absolute atomic E-state index is 15.4. The van der Waals surface area contributed by atoms with Crippen molar-refractivity contribution >= 4 is 42.3 Å². The normalized spacial score (nSPS) is 12.6. The third-order valence-corrected chi connectivity index (χ3v) is 14.2. The first-order valence-corrected chi connectivity index (χ1v) is 21.5. The van der Waals surface area contributed by atoms with Gasteiger partial charge in [0, 0.05) is 5.33 Å². The molecule has 0 aliphatic carbocycles. The number of esters is 1. The molecule has 266 valence electrons. The van der Waals surface area contributed by atoms with Gasteiger partial charge in [-0.3, -0.25) is 3.63 Å². The monoisotopic (exact) mass is 769 g/mol. The van der Waals surface area contributed by atoms with E-state index in [-0.39, 0.29) is 6.61 Å². The Hall–Kier alpha value is -2.27. The molecule has 0 amide bonds. The smallest absolute Gasteiger partial charge is 0.460 e. The molecule has 3 aromatic carbocycles.